The maximum absolute atomic E-state index is 11.8. The number of urea groups is 1. The van der Waals surface area contributed by atoms with E-state index in [2.05, 4.69) is 47.6 Å². The van der Waals surface area contributed by atoms with Crippen molar-refractivity contribution in [1.29, 1.82) is 0 Å². The van der Waals surface area contributed by atoms with Crippen LogP contribution in [0.4, 0.5) is 4.79 Å². The van der Waals surface area contributed by atoms with E-state index in [-0.39, 0.29) is 6.03 Å². The number of hydrogen-bond donors (Lipinski definition) is 3. The van der Waals surface area contributed by atoms with Crippen LogP contribution < -0.4 is 10.6 Å². The molecule has 1 aromatic carbocycles. The number of aliphatic hydroxyl groups is 1. The van der Waals surface area contributed by atoms with Crippen molar-refractivity contribution in [1.82, 2.24) is 15.5 Å². The maximum Gasteiger partial charge on any atom is 0.314 e. The number of rotatable bonds is 7. The summed E-state index contributed by atoms with van der Waals surface area (Å²) in [6.07, 6.45) is 2.68. The van der Waals surface area contributed by atoms with Gasteiger partial charge in [-0.1, -0.05) is 36.8 Å². The minimum atomic E-state index is -0.513. The van der Waals surface area contributed by atoms with E-state index in [1.165, 1.54) is 24.0 Å². The third-order valence-corrected chi connectivity index (χ3v) is 4.63. The third kappa shape index (κ3) is 6.89. The summed E-state index contributed by atoms with van der Waals surface area (Å²) in [4.78, 5) is 14.1. The average Bonchev–Trinajstić information content (AvgIpc) is 2.55. The molecule has 0 radical (unpaired) electrons. The number of hydrogen-bond acceptors (Lipinski definition) is 3. The van der Waals surface area contributed by atoms with E-state index in [0.29, 0.717) is 19.6 Å². The second-order valence-electron chi connectivity index (χ2n) is 7.01. The van der Waals surface area contributed by atoms with Gasteiger partial charge in [0.1, 0.15) is 0 Å². The molecule has 5 heteroatoms. The lowest BCUT2D eigenvalue weighted by atomic mass is 9.99. The monoisotopic (exact) mass is 333 g/mol. The topological polar surface area (TPSA) is 64.6 Å². The molecule has 0 saturated carbocycles. The van der Waals surface area contributed by atoms with Crippen molar-refractivity contribution in [3.63, 3.8) is 0 Å². The average molecular weight is 333 g/mol. The van der Waals surface area contributed by atoms with Crippen molar-refractivity contribution in [2.45, 2.75) is 39.2 Å². The Morgan fingerprint density at radius 3 is 2.79 bits per heavy atom. The molecule has 0 aliphatic carbocycles. The van der Waals surface area contributed by atoms with E-state index in [1.54, 1.807) is 0 Å². The minimum absolute atomic E-state index is 0.214. The Kier molecular flexibility index (Phi) is 7.53. The lowest BCUT2D eigenvalue weighted by molar-refractivity contribution is 0.0920. The highest BCUT2D eigenvalue weighted by Crippen LogP contribution is 2.15. The zero-order chi connectivity index (χ0) is 17.4. The van der Waals surface area contributed by atoms with E-state index in [1.807, 2.05) is 6.07 Å². The summed E-state index contributed by atoms with van der Waals surface area (Å²) in [5.41, 5.74) is 2.45. The molecule has 2 rings (SSSR count). The maximum atomic E-state index is 11.8. The van der Waals surface area contributed by atoms with Crippen molar-refractivity contribution in [3.05, 3.63) is 35.4 Å². The first-order valence-corrected chi connectivity index (χ1v) is 9.00. The van der Waals surface area contributed by atoms with E-state index in [9.17, 15) is 9.90 Å². The summed E-state index contributed by atoms with van der Waals surface area (Å²) in [6, 6.07) is 8.07. The van der Waals surface area contributed by atoms with Crippen LogP contribution in [0.25, 0.3) is 0 Å². The quantitative estimate of drug-likeness (QED) is 0.714. The summed E-state index contributed by atoms with van der Waals surface area (Å²) in [6.45, 7) is 7.94. The highest BCUT2D eigenvalue weighted by Gasteiger charge is 2.18. The number of likely N-dealkylation sites (tertiary alicyclic amines) is 1. The standard InChI is InChI=1S/C19H31N3O2/c1-15-7-10-22(11-8-15)14-18(23)13-21-19(24)20-9-6-17-5-3-4-16(2)12-17/h3-5,12,15,18,23H,6-11,13-14H2,1-2H3,(H2,20,21,24). The number of nitrogens with one attached hydrogen (secondary N) is 2. The van der Waals surface area contributed by atoms with Crippen LogP contribution in [0, 0.1) is 12.8 Å². The van der Waals surface area contributed by atoms with Gasteiger partial charge in [-0.25, -0.2) is 4.79 Å². The molecule has 0 spiro atoms. The SMILES string of the molecule is Cc1cccc(CCNC(=O)NCC(O)CN2CCC(C)CC2)c1. The van der Waals surface area contributed by atoms with Crippen molar-refractivity contribution in [2.24, 2.45) is 5.92 Å². The molecule has 0 bridgehead atoms. The molecule has 1 heterocycles. The number of amides is 2. The van der Waals surface area contributed by atoms with Gasteiger partial charge < -0.3 is 20.6 Å². The van der Waals surface area contributed by atoms with Gasteiger partial charge in [0.25, 0.3) is 0 Å². The van der Waals surface area contributed by atoms with Crippen LogP contribution >= 0.6 is 0 Å². The van der Waals surface area contributed by atoms with Crippen LogP contribution in [0.2, 0.25) is 0 Å². The van der Waals surface area contributed by atoms with Gasteiger partial charge in [-0.05, 0) is 50.8 Å². The summed E-state index contributed by atoms with van der Waals surface area (Å²) in [5, 5.41) is 15.7. The zero-order valence-electron chi connectivity index (χ0n) is 14.9. The van der Waals surface area contributed by atoms with E-state index in [4.69, 9.17) is 0 Å². The van der Waals surface area contributed by atoms with Gasteiger partial charge >= 0.3 is 6.03 Å². The highest BCUT2D eigenvalue weighted by atomic mass is 16.3. The molecule has 0 aromatic heterocycles. The van der Waals surface area contributed by atoms with Crippen molar-refractivity contribution < 1.29 is 9.90 Å². The lowest BCUT2D eigenvalue weighted by Crippen LogP contribution is -2.45. The van der Waals surface area contributed by atoms with Gasteiger partial charge in [0.05, 0.1) is 6.10 Å². The number of carbonyl (C=O) groups is 1. The molecule has 1 aromatic rings. The second-order valence-corrected chi connectivity index (χ2v) is 7.01. The van der Waals surface area contributed by atoms with E-state index in [0.717, 1.165) is 25.4 Å². The molecular weight excluding hydrogens is 302 g/mol. The fourth-order valence-electron chi connectivity index (χ4n) is 3.07. The van der Waals surface area contributed by atoms with Gasteiger partial charge in [-0.2, -0.15) is 0 Å². The Labute approximate surface area is 145 Å². The molecule has 5 nitrogen and oxygen atoms in total. The predicted molar refractivity (Wildman–Crippen MR) is 97.1 cm³/mol. The Morgan fingerprint density at radius 2 is 2.08 bits per heavy atom. The Morgan fingerprint density at radius 1 is 1.33 bits per heavy atom. The number of nitrogens with zero attached hydrogens (tertiary/aromatic N) is 1. The minimum Gasteiger partial charge on any atom is -0.390 e. The first-order valence-electron chi connectivity index (χ1n) is 9.00. The smallest absolute Gasteiger partial charge is 0.314 e. The number of aliphatic hydroxyl groups excluding tert-OH is 1. The first kappa shape index (κ1) is 18.7. The van der Waals surface area contributed by atoms with Gasteiger partial charge in [0.15, 0.2) is 0 Å². The Balaban J connectivity index is 1.57. The number of β-amino-alcohol motifs (C(OH)–C–C–N with tert-alkyl or cyclic N) is 1. The van der Waals surface area contributed by atoms with Crippen LogP contribution in [0.1, 0.15) is 30.9 Å². The summed E-state index contributed by atoms with van der Waals surface area (Å²) >= 11 is 0. The summed E-state index contributed by atoms with van der Waals surface area (Å²) < 4.78 is 0. The molecule has 1 unspecified atom stereocenters. The second kappa shape index (κ2) is 9.64. The van der Waals surface area contributed by atoms with E-state index >= 15 is 0 Å². The van der Waals surface area contributed by atoms with Crippen LogP contribution in [-0.2, 0) is 6.42 Å². The Bertz CT molecular complexity index is 513. The van der Waals surface area contributed by atoms with Gasteiger partial charge in [-0.3, -0.25) is 0 Å². The summed E-state index contributed by atoms with van der Waals surface area (Å²) in [7, 11) is 0. The van der Waals surface area contributed by atoms with Crippen LogP contribution in [-0.4, -0.2) is 54.9 Å². The van der Waals surface area contributed by atoms with Crippen LogP contribution in [0.3, 0.4) is 0 Å². The molecule has 1 saturated heterocycles. The molecule has 1 fully saturated rings. The fraction of sp³-hybridized carbons (Fsp3) is 0.632. The van der Waals surface area contributed by atoms with Crippen molar-refractivity contribution in [2.75, 3.05) is 32.7 Å². The largest absolute Gasteiger partial charge is 0.390 e. The highest BCUT2D eigenvalue weighted by molar-refractivity contribution is 5.73. The van der Waals surface area contributed by atoms with Crippen molar-refractivity contribution in [3.8, 4) is 0 Å². The molecule has 1 aliphatic heterocycles. The molecule has 1 aliphatic rings. The summed E-state index contributed by atoms with van der Waals surface area (Å²) in [5.74, 6) is 0.788. The van der Waals surface area contributed by atoms with Crippen LogP contribution in [0.15, 0.2) is 24.3 Å². The number of aryl methyl sites for hydroxylation is 1. The third-order valence-electron chi connectivity index (χ3n) is 4.63. The fourth-order valence-corrected chi connectivity index (χ4v) is 3.07. The zero-order valence-corrected chi connectivity index (χ0v) is 14.9. The molecule has 2 amide bonds. The molecule has 134 valence electrons. The molecule has 1 atom stereocenters. The number of piperidine rings is 1. The molecule has 3 N–H and O–H groups in total. The van der Waals surface area contributed by atoms with Gasteiger partial charge in [0, 0.05) is 19.6 Å². The number of benzene rings is 1. The van der Waals surface area contributed by atoms with Gasteiger partial charge in [0.2, 0.25) is 0 Å². The van der Waals surface area contributed by atoms with Crippen LogP contribution in [0.5, 0.6) is 0 Å². The molecule has 24 heavy (non-hydrogen) atoms. The van der Waals surface area contributed by atoms with Gasteiger partial charge in [-0.15, -0.1) is 0 Å². The van der Waals surface area contributed by atoms with E-state index < -0.39 is 6.10 Å². The van der Waals surface area contributed by atoms with Crippen molar-refractivity contribution >= 4 is 6.03 Å². The normalized spacial score (nSPS) is 17.5. The number of carbonyl (C=O) groups excluding carboxylic acids is 1. The lowest BCUT2D eigenvalue weighted by Gasteiger charge is -2.31. The Hall–Kier alpha value is -1.59. The predicted octanol–water partition coefficient (Wildman–Crippen LogP) is 1.93. The molecular formula is C19H31N3O2. The first-order chi connectivity index (χ1) is 11.5.